The molecule has 0 saturated heterocycles. The molecule has 1 heteroatoms. The van der Waals surface area contributed by atoms with Crippen LogP contribution in [-0.4, -0.2) is 14.1 Å². The quantitative estimate of drug-likeness (QED) is 0.587. The van der Waals surface area contributed by atoms with Crippen molar-refractivity contribution < 1.29 is 0 Å². The van der Waals surface area contributed by atoms with Gasteiger partial charge in [-0.2, -0.15) is 0 Å². The SMILES string of the molecule is CC1=CC2=CC=CCC(C=[Si](C)C)C2=C1C1=CC(C)=C(C)C1. The Morgan fingerprint density at radius 1 is 1.14 bits per heavy atom. The van der Waals surface area contributed by atoms with Gasteiger partial charge in [0.25, 0.3) is 0 Å². The highest BCUT2D eigenvalue weighted by molar-refractivity contribution is 6.64. The van der Waals surface area contributed by atoms with E-state index in [0.29, 0.717) is 5.92 Å². The van der Waals surface area contributed by atoms with Crippen LogP contribution in [0.1, 0.15) is 33.6 Å². The molecule has 0 N–H and O–H groups in total. The zero-order valence-electron chi connectivity index (χ0n) is 14.5. The first kappa shape index (κ1) is 15.4. The van der Waals surface area contributed by atoms with Gasteiger partial charge in [0.1, 0.15) is 0 Å². The molecule has 0 amide bonds. The molecule has 1 unspecified atom stereocenters. The third kappa shape index (κ3) is 2.75. The summed E-state index contributed by atoms with van der Waals surface area (Å²) < 4.78 is 0. The van der Waals surface area contributed by atoms with Crippen LogP contribution in [0.3, 0.4) is 0 Å². The molecule has 114 valence electrons. The molecule has 0 nitrogen and oxygen atoms in total. The van der Waals surface area contributed by atoms with Crippen LogP contribution in [-0.2, 0) is 0 Å². The number of rotatable bonds is 2. The highest BCUT2D eigenvalue weighted by Crippen LogP contribution is 2.44. The first-order valence-corrected chi connectivity index (χ1v) is 10.9. The van der Waals surface area contributed by atoms with Crippen molar-refractivity contribution in [3.63, 3.8) is 0 Å². The second-order valence-electron chi connectivity index (χ2n) is 7.06. The molecule has 3 aliphatic rings. The van der Waals surface area contributed by atoms with Crippen molar-refractivity contribution in [2.45, 2.75) is 46.7 Å². The third-order valence-electron chi connectivity index (χ3n) is 4.89. The minimum Gasteiger partial charge on any atom is -0.0963 e. The zero-order valence-corrected chi connectivity index (χ0v) is 15.5. The van der Waals surface area contributed by atoms with Crippen molar-refractivity contribution >= 4 is 14.1 Å². The van der Waals surface area contributed by atoms with Gasteiger partial charge in [0.15, 0.2) is 0 Å². The van der Waals surface area contributed by atoms with Gasteiger partial charge in [0.05, 0.1) is 0 Å². The summed E-state index contributed by atoms with van der Waals surface area (Å²) in [6.07, 6.45) is 14.0. The van der Waals surface area contributed by atoms with Gasteiger partial charge in [0, 0.05) is 5.92 Å². The topological polar surface area (TPSA) is 0 Å². The summed E-state index contributed by atoms with van der Waals surface area (Å²) in [4.78, 5) is 0. The Morgan fingerprint density at radius 2 is 1.91 bits per heavy atom. The fraction of sp³-hybridized carbons (Fsp3) is 0.381. The van der Waals surface area contributed by atoms with E-state index in [0.717, 1.165) is 12.8 Å². The zero-order chi connectivity index (χ0) is 15.9. The van der Waals surface area contributed by atoms with Gasteiger partial charge in [0.2, 0.25) is 0 Å². The molecule has 0 aromatic heterocycles. The summed E-state index contributed by atoms with van der Waals surface area (Å²) in [6.45, 7) is 11.6. The van der Waals surface area contributed by atoms with Gasteiger partial charge >= 0.3 is 0 Å². The van der Waals surface area contributed by atoms with Gasteiger partial charge < -0.3 is 0 Å². The Kier molecular flexibility index (Phi) is 4.18. The average Bonchev–Trinajstić information content (AvgIpc) is 2.86. The van der Waals surface area contributed by atoms with Crippen LogP contribution in [0.4, 0.5) is 0 Å². The van der Waals surface area contributed by atoms with Crippen LogP contribution < -0.4 is 0 Å². The maximum absolute atomic E-state index is 2.62. The molecule has 0 bridgehead atoms. The maximum atomic E-state index is 2.62. The number of hydrogen-bond acceptors (Lipinski definition) is 0. The highest BCUT2D eigenvalue weighted by atomic mass is 28.2. The molecule has 0 radical (unpaired) electrons. The molecule has 0 aromatic rings. The summed E-state index contributed by atoms with van der Waals surface area (Å²) >= 11 is 0. The number of fused-ring (bicyclic) bond motifs is 1. The molecule has 1 atom stereocenters. The predicted molar refractivity (Wildman–Crippen MR) is 101 cm³/mol. The summed E-state index contributed by atoms with van der Waals surface area (Å²) in [5.74, 6) is 0.583. The number of hydrogen-bond donors (Lipinski definition) is 0. The van der Waals surface area contributed by atoms with E-state index in [9.17, 15) is 0 Å². The van der Waals surface area contributed by atoms with Crippen LogP contribution in [0.2, 0.25) is 13.1 Å². The van der Waals surface area contributed by atoms with Crippen molar-refractivity contribution in [1.29, 1.82) is 0 Å². The van der Waals surface area contributed by atoms with E-state index in [2.05, 4.69) is 69.9 Å². The second kappa shape index (κ2) is 5.96. The van der Waals surface area contributed by atoms with Crippen LogP contribution >= 0.6 is 0 Å². The van der Waals surface area contributed by atoms with Gasteiger partial charge in [-0.1, -0.05) is 60.3 Å². The van der Waals surface area contributed by atoms with E-state index in [1.54, 1.807) is 5.57 Å². The molecular formula is C21H26Si. The van der Waals surface area contributed by atoms with E-state index in [1.165, 1.54) is 33.4 Å². The van der Waals surface area contributed by atoms with Crippen LogP contribution in [0, 0.1) is 5.92 Å². The minimum absolute atomic E-state index is 0.345. The minimum atomic E-state index is -0.345. The predicted octanol–water partition coefficient (Wildman–Crippen LogP) is 5.55. The lowest BCUT2D eigenvalue weighted by Gasteiger charge is -2.19. The molecule has 3 aliphatic carbocycles. The highest BCUT2D eigenvalue weighted by Gasteiger charge is 2.28. The number of allylic oxidation sites excluding steroid dienone is 12. The van der Waals surface area contributed by atoms with Crippen LogP contribution in [0.5, 0.6) is 0 Å². The lowest BCUT2D eigenvalue weighted by atomic mass is 9.87. The summed E-state index contributed by atoms with van der Waals surface area (Å²) in [6, 6.07) is 0. The van der Waals surface area contributed by atoms with E-state index in [-0.39, 0.29) is 8.41 Å². The molecule has 0 spiro atoms. The average molecular weight is 307 g/mol. The largest absolute Gasteiger partial charge is 0.0963 e. The second-order valence-corrected chi connectivity index (χ2v) is 9.55. The monoisotopic (exact) mass is 306 g/mol. The smallest absolute Gasteiger partial charge is 0.00257 e. The fourth-order valence-corrected chi connectivity index (χ4v) is 4.90. The summed E-state index contributed by atoms with van der Waals surface area (Å²) in [5.41, 5.74) is 13.1. The molecular weight excluding hydrogens is 280 g/mol. The van der Waals surface area contributed by atoms with Crippen molar-refractivity contribution in [2.24, 2.45) is 5.92 Å². The lowest BCUT2D eigenvalue weighted by molar-refractivity contribution is 0.858. The Labute approximate surface area is 136 Å². The van der Waals surface area contributed by atoms with Crippen LogP contribution in [0.15, 0.2) is 69.4 Å². The van der Waals surface area contributed by atoms with Gasteiger partial charge in [-0.3, -0.25) is 0 Å². The molecule has 0 saturated carbocycles. The Morgan fingerprint density at radius 3 is 2.55 bits per heavy atom. The standard InChI is InChI=1S/C21H26Si/c1-14-10-19(11-15(14)2)20-16(3)12-17-8-6-7-9-18(21(17)20)13-22(4)5/h6-8,10,12-13,18H,9,11H2,1-5H3. The van der Waals surface area contributed by atoms with Gasteiger partial charge in [-0.25, -0.2) is 0 Å². The Hall–Kier alpha value is -1.47. The Balaban J connectivity index is 2.13. The molecule has 0 heterocycles. The molecule has 22 heavy (non-hydrogen) atoms. The molecule has 0 aromatic carbocycles. The van der Waals surface area contributed by atoms with E-state index < -0.39 is 0 Å². The summed E-state index contributed by atoms with van der Waals surface area (Å²) in [7, 11) is -0.345. The van der Waals surface area contributed by atoms with Crippen molar-refractivity contribution in [2.75, 3.05) is 0 Å². The van der Waals surface area contributed by atoms with Crippen molar-refractivity contribution in [3.05, 3.63) is 69.4 Å². The lowest BCUT2D eigenvalue weighted by Crippen LogP contribution is -2.12. The molecule has 0 aliphatic heterocycles. The van der Waals surface area contributed by atoms with E-state index in [4.69, 9.17) is 0 Å². The normalized spacial score (nSPS) is 24.0. The molecule has 0 fully saturated rings. The third-order valence-corrected chi connectivity index (χ3v) is 5.96. The first-order valence-electron chi connectivity index (χ1n) is 8.29. The van der Waals surface area contributed by atoms with Crippen molar-refractivity contribution in [3.8, 4) is 0 Å². The Bertz CT molecular complexity index is 726. The fourth-order valence-electron chi connectivity index (χ4n) is 3.79. The van der Waals surface area contributed by atoms with Crippen molar-refractivity contribution in [1.82, 2.24) is 0 Å². The van der Waals surface area contributed by atoms with E-state index in [1.807, 2.05) is 0 Å². The molecule has 3 rings (SSSR count). The maximum Gasteiger partial charge on any atom is 0.00257 e. The summed E-state index contributed by atoms with van der Waals surface area (Å²) in [5, 5.41) is 0. The van der Waals surface area contributed by atoms with Crippen LogP contribution in [0.25, 0.3) is 0 Å². The van der Waals surface area contributed by atoms with Gasteiger partial charge in [-0.05, 0) is 69.9 Å². The van der Waals surface area contributed by atoms with Gasteiger partial charge in [-0.15, -0.1) is 0 Å². The van der Waals surface area contributed by atoms with E-state index >= 15 is 0 Å². The first-order chi connectivity index (χ1) is 10.5.